The van der Waals surface area contributed by atoms with Crippen molar-refractivity contribution in [2.45, 2.75) is 252 Å². The number of amides is 2. The molecule has 0 saturated carbocycles. The van der Waals surface area contributed by atoms with Crippen molar-refractivity contribution in [1.82, 2.24) is 10.6 Å². The summed E-state index contributed by atoms with van der Waals surface area (Å²) in [6, 6.07) is -0.382. The quantitative estimate of drug-likeness (QED) is 0.0494. The molecular formula is C46H88N2O2. The van der Waals surface area contributed by atoms with Crippen LogP contribution in [-0.4, -0.2) is 24.4 Å². The van der Waals surface area contributed by atoms with E-state index >= 15 is 0 Å². The summed E-state index contributed by atoms with van der Waals surface area (Å²) in [7, 11) is 0. The maximum atomic E-state index is 12.6. The predicted octanol–water partition coefficient (Wildman–Crippen LogP) is 14.4. The van der Waals surface area contributed by atoms with Crippen molar-refractivity contribution in [1.29, 1.82) is 0 Å². The summed E-state index contributed by atoms with van der Waals surface area (Å²) in [6.45, 7) is 7.11. The van der Waals surface area contributed by atoms with Crippen molar-refractivity contribution in [3.63, 3.8) is 0 Å². The van der Waals surface area contributed by atoms with Crippen molar-refractivity contribution in [2.24, 2.45) is 0 Å². The lowest BCUT2D eigenvalue weighted by Crippen LogP contribution is -2.46. The molecule has 0 rings (SSSR count). The SMILES string of the molecule is CCCCCCCC/C=C\CCCCCCCCCCCC(=O)NC(CCCCCCCCCC/C=C\CCCCCCCC)C(=O)NCC. The van der Waals surface area contributed by atoms with Gasteiger partial charge in [0.1, 0.15) is 6.04 Å². The highest BCUT2D eigenvalue weighted by molar-refractivity contribution is 5.87. The van der Waals surface area contributed by atoms with E-state index in [-0.39, 0.29) is 17.9 Å². The largest absolute Gasteiger partial charge is 0.355 e. The zero-order valence-electron chi connectivity index (χ0n) is 34.2. The van der Waals surface area contributed by atoms with Gasteiger partial charge in [-0.15, -0.1) is 0 Å². The van der Waals surface area contributed by atoms with Gasteiger partial charge in [-0.25, -0.2) is 0 Å². The third kappa shape index (κ3) is 37.7. The van der Waals surface area contributed by atoms with Gasteiger partial charge in [0.25, 0.3) is 0 Å². The Morgan fingerprint density at radius 1 is 0.420 bits per heavy atom. The van der Waals surface area contributed by atoms with Gasteiger partial charge in [0.05, 0.1) is 0 Å². The maximum Gasteiger partial charge on any atom is 0.242 e. The normalized spacial score (nSPS) is 12.3. The molecule has 294 valence electrons. The second kappa shape index (κ2) is 41.8. The van der Waals surface area contributed by atoms with Crippen LogP contribution in [0.1, 0.15) is 245 Å². The highest BCUT2D eigenvalue weighted by atomic mass is 16.2. The predicted molar refractivity (Wildman–Crippen MR) is 222 cm³/mol. The van der Waals surface area contributed by atoms with Crippen LogP contribution >= 0.6 is 0 Å². The maximum absolute atomic E-state index is 12.6. The second-order valence-electron chi connectivity index (χ2n) is 15.2. The van der Waals surface area contributed by atoms with E-state index in [1.165, 1.54) is 186 Å². The highest BCUT2D eigenvalue weighted by Crippen LogP contribution is 2.15. The van der Waals surface area contributed by atoms with E-state index in [1.807, 2.05) is 6.92 Å². The van der Waals surface area contributed by atoms with Gasteiger partial charge >= 0.3 is 0 Å². The zero-order chi connectivity index (χ0) is 36.4. The Morgan fingerprint density at radius 3 is 1.10 bits per heavy atom. The molecule has 1 unspecified atom stereocenters. The highest BCUT2D eigenvalue weighted by Gasteiger charge is 2.19. The van der Waals surface area contributed by atoms with E-state index in [4.69, 9.17) is 0 Å². The number of rotatable bonds is 40. The van der Waals surface area contributed by atoms with Gasteiger partial charge in [-0.1, -0.05) is 192 Å². The summed E-state index contributed by atoms with van der Waals surface area (Å²) in [5.41, 5.74) is 0. The molecule has 0 saturated heterocycles. The first-order valence-corrected chi connectivity index (χ1v) is 22.5. The van der Waals surface area contributed by atoms with E-state index < -0.39 is 0 Å². The van der Waals surface area contributed by atoms with Gasteiger partial charge in [0.15, 0.2) is 0 Å². The Kier molecular flexibility index (Phi) is 40.5. The standard InChI is InChI=1S/C46H88N2O2/c1-4-7-9-11-13-15-17-19-21-23-25-27-29-31-33-35-37-39-41-43-45(49)48-44(46(50)47-6-3)42-40-38-36-34-32-30-28-26-24-22-20-18-16-14-12-10-8-5-2/h19-22,44H,4-18,23-43H2,1-3H3,(H,47,50)(H,48,49)/b21-19-,22-20-. The molecule has 4 nitrogen and oxygen atoms in total. The molecule has 0 aromatic rings. The summed E-state index contributed by atoms with van der Waals surface area (Å²) in [5, 5.41) is 5.98. The fourth-order valence-electron chi connectivity index (χ4n) is 6.85. The van der Waals surface area contributed by atoms with E-state index in [2.05, 4.69) is 48.8 Å². The molecule has 0 aromatic heterocycles. The van der Waals surface area contributed by atoms with Gasteiger partial charge in [-0.05, 0) is 71.1 Å². The first-order valence-electron chi connectivity index (χ1n) is 22.5. The number of carbonyl (C=O) groups excluding carboxylic acids is 2. The Balaban J connectivity index is 3.71. The minimum atomic E-state index is -0.382. The van der Waals surface area contributed by atoms with Gasteiger partial charge in [0, 0.05) is 13.0 Å². The van der Waals surface area contributed by atoms with Crippen LogP contribution in [0, 0.1) is 0 Å². The Morgan fingerprint density at radius 2 is 0.740 bits per heavy atom. The fourth-order valence-corrected chi connectivity index (χ4v) is 6.85. The molecule has 4 heteroatoms. The molecule has 0 aromatic carbocycles. The summed E-state index contributed by atoms with van der Waals surface area (Å²) in [4.78, 5) is 25.2. The molecule has 0 bridgehead atoms. The summed E-state index contributed by atoms with van der Waals surface area (Å²) in [6.07, 6.45) is 53.7. The van der Waals surface area contributed by atoms with Crippen LogP contribution in [-0.2, 0) is 9.59 Å². The average Bonchev–Trinajstić information content (AvgIpc) is 3.11. The Bertz CT molecular complexity index is 761. The number of hydrogen-bond acceptors (Lipinski definition) is 2. The van der Waals surface area contributed by atoms with E-state index in [1.54, 1.807) is 0 Å². The summed E-state index contributed by atoms with van der Waals surface area (Å²) in [5.74, 6) is 0.0191. The van der Waals surface area contributed by atoms with Crippen LogP contribution in [0.2, 0.25) is 0 Å². The number of nitrogens with one attached hydrogen (secondary N) is 2. The van der Waals surface area contributed by atoms with Crippen molar-refractivity contribution >= 4 is 11.8 Å². The molecule has 0 spiro atoms. The third-order valence-electron chi connectivity index (χ3n) is 10.2. The van der Waals surface area contributed by atoms with Crippen LogP contribution in [0.15, 0.2) is 24.3 Å². The Hall–Kier alpha value is -1.58. The minimum Gasteiger partial charge on any atom is -0.355 e. The second-order valence-corrected chi connectivity index (χ2v) is 15.2. The molecule has 2 N–H and O–H groups in total. The lowest BCUT2D eigenvalue weighted by atomic mass is 10.0. The van der Waals surface area contributed by atoms with Gasteiger partial charge < -0.3 is 10.6 Å². The lowest BCUT2D eigenvalue weighted by molar-refractivity contribution is -0.129. The number of allylic oxidation sites excluding steroid dienone is 4. The van der Waals surface area contributed by atoms with E-state index in [9.17, 15) is 9.59 Å². The summed E-state index contributed by atoms with van der Waals surface area (Å²) >= 11 is 0. The van der Waals surface area contributed by atoms with E-state index in [0.29, 0.717) is 13.0 Å². The fraction of sp³-hybridized carbons (Fsp3) is 0.870. The topological polar surface area (TPSA) is 58.2 Å². The van der Waals surface area contributed by atoms with Crippen molar-refractivity contribution in [2.75, 3.05) is 6.54 Å². The average molecular weight is 701 g/mol. The van der Waals surface area contributed by atoms with Crippen LogP contribution in [0.25, 0.3) is 0 Å². The van der Waals surface area contributed by atoms with Crippen LogP contribution < -0.4 is 10.6 Å². The van der Waals surface area contributed by atoms with Crippen molar-refractivity contribution < 1.29 is 9.59 Å². The molecule has 1 atom stereocenters. The smallest absolute Gasteiger partial charge is 0.242 e. The van der Waals surface area contributed by atoms with Crippen LogP contribution in [0.3, 0.4) is 0 Å². The minimum absolute atomic E-state index is 0.0222. The monoisotopic (exact) mass is 701 g/mol. The number of unbranched alkanes of at least 4 members (excludes halogenated alkanes) is 29. The van der Waals surface area contributed by atoms with Crippen LogP contribution in [0.5, 0.6) is 0 Å². The first-order chi connectivity index (χ1) is 24.7. The first kappa shape index (κ1) is 48.4. The van der Waals surface area contributed by atoms with Crippen molar-refractivity contribution in [3.8, 4) is 0 Å². The lowest BCUT2D eigenvalue weighted by Gasteiger charge is -2.18. The zero-order valence-corrected chi connectivity index (χ0v) is 34.2. The summed E-state index contributed by atoms with van der Waals surface area (Å²) < 4.78 is 0. The third-order valence-corrected chi connectivity index (χ3v) is 10.2. The molecule has 0 fully saturated rings. The molecule has 0 aliphatic rings. The van der Waals surface area contributed by atoms with Gasteiger partial charge in [-0.3, -0.25) is 9.59 Å². The molecule has 0 radical (unpaired) electrons. The van der Waals surface area contributed by atoms with E-state index in [0.717, 1.165) is 32.1 Å². The van der Waals surface area contributed by atoms with Gasteiger partial charge in [0.2, 0.25) is 11.8 Å². The molecular weight excluding hydrogens is 613 g/mol. The number of likely N-dealkylation sites (N-methyl/N-ethyl adjacent to an activating group) is 1. The van der Waals surface area contributed by atoms with Crippen molar-refractivity contribution in [3.05, 3.63) is 24.3 Å². The Labute approximate surface area is 313 Å². The molecule has 0 heterocycles. The number of carbonyl (C=O) groups is 2. The molecule has 0 aliphatic heterocycles. The number of hydrogen-bond donors (Lipinski definition) is 2. The molecule has 0 aliphatic carbocycles. The van der Waals surface area contributed by atoms with Crippen LogP contribution in [0.4, 0.5) is 0 Å². The van der Waals surface area contributed by atoms with Gasteiger partial charge in [-0.2, -0.15) is 0 Å². The molecule has 2 amide bonds. The molecule has 50 heavy (non-hydrogen) atoms.